The highest BCUT2D eigenvalue weighted by atomic mass is 79.9. The fourth-order valence-corrected chi connectivity index (χ4v) is 2.59. The molecule has 0 aliphatic carbocycles. The summed E-state index contributed by atoms with van der Waals surface area (Å²) < 4.78 is 12.4. The molecule has 1 rings (SSSR count). The van der Waals surface area contributed by atoms with E-state index >= 15 is 0 Å². The molecule has 0 fully saturated rings. The molecule has 1 N–H and O–H groups in total. The predicted molar refractivity (Wildman–Crippen MR) is 57.1 cm³/mol. The number of halogens is 1. The van der Waals surface area contributed by atoms with Gasteiger partial charge in [0.15, 0.2) is 0 Å². The molecule has 0 aliphatic rings. The highest BCUT2D eigenvalue weighted by Crippen LogP contribution is 2.15. The molecule has 1 aromatic rings. The van der Waals surface area contributed by atoms with Gasteiger partial charge in [0.25, 0.3) is 0 Å². The predicted octanol–water partition coefficient (Wildman–Crippen LogP) is 1.94. The Hall–Kier alpha value is -0.190. The van der Waals surface area contributed by atoms with E-state index in [1.165, 1.54) is 0 Å². The van der Waals surface area contributed by atoms with Crippen LogP contribution in [0.25, 0.3) is 0 Å². The van der Waals surface area contributed by atoms with Crippen LogP contribution in [0.1, 0.15) is 6.92 Å². The number of hydrogen-bond donors (Lipinski definition) is 1. The van der Waals surface area contributed by atoms with Gasteiger partial charge in [-0.3, -0.25) is 4.21 Å². The first-order valence-corrected chi connectivity index (χ1v) is 6.03. The van der Waals surface area contributed by atoms with Crippen LogP contribution in [0.2, 0.25) is 0 Å². The fourth-order valence-electron chi connectivity index (χ4n) is 0.924. The second-order valence-electron chi connectivity index (χ2n) is 2.82. The van der Waals surface area contributed by atoms with E-state index in [4.69, 9.17) is 5.11 Å². The Balaban J connectivity index is 2.77. The van der Waals surface area contributed by atoms with Crippen molar-refractivity contribution in [2.24, 2.45) is 0 Å². The van der Waals surface area contributed by atoms with Crippen molar-refractivity contribution in [3.8, 4) is 0 Å². The van der Waals surface area contributed by atoms with Gasteiger partial charge < -0.3 is 5.11 Å². The number of aliphatic hydroxyl groups excluding tert-OH is 1. The minimum absolute atomic E-state index is 0.288. The van der Waals surface area contributed by atoms with E-state index in [0.29, 0.717) is 0 Å². The molecule has 0 amide bonds. The quantitative estimate of drug-likeness (QED) is 0.904. The van der Waals surface area contributed by atoms with Crippen molar-refractivity contribution < 1.29 is 9.32 Å². The van der Waals surface area contributed by atoms with Crippen LogP contribution in [0.4, 0.5) is 0 Å². The van der Waals surface area contributed by atoms with Crippen LogP contribution >= 0.6 is 15.9 Å². The maximum Gasteiger partial charge on any atom is 0.0630 e. The number of benzene rings is 1. The van der Waals surface area contributed by atoms with Crippen molar-refractivity contribution in [2.45, 2.75) is 17.9 Å². The maximum absolute atomic E-state index is 11.5. The van der Waals surface area contributed by atoms with Gasteiger partial charge in [0.05, 0.1) is 22.7 Å². The van der Waals surface area contributed by atoms with E-state index in [9.17, 15) is 4.21 Å². The lowest BCUT2D eigenvalue weighted by atomic mass is 10.4. The Morgan fingerprint density at radius 1 is 1.62 bits per heavy atom. The van der Waals surface area contributed by atoms with Crippen molar-refractivity contribution in [1.29, 1.82) is 0 Å². The van der Waals surface area contributed by atoms with E-state index < -0.39 is 16.9 Å². The lowest BCUT2D eigenvalue weighted by Gasteiger charge is -2.04. The molecule has 0 aromatic heterocycles. The summed E-state index contributed by atoms with van der Waals surface area (Å²) in [5.74, 6) is 0.288. The normalized spacial score (nSPS) is 15.3. The molecular weight excluding hydrogens is 252 g/mol. The number of hydrogen-bond acceptors (Lipinski definition) is 2. The zero-order valence-corrected chi connectivity index (χ0v) is 9.64. The zero-order valence-electron chi connectivity index (χ0n) is 7.24. The maximum atomic E-state index is 11.5. The minimum atomic E-state index is -1.10. The van der Waals surface area contributed by atoms with Gasteiger partial charge >= 0.3 is 0 Å². The van der Waals surface area contributed by atoms with Crippen LogP contribution in [0.5, 0.6) is 0 Å². The lowest BCUT2D eigenvalue weighted by Crippen LogP contribution is -2.12. The van der Waals surface area contributed by atoms with E-state index in [1.54, 1.807) is 19.1 Å². The van der Waals surface area contributed by atoms with E-state index in [1.807, 2.05) is 12.1 Å². The van der Waals surface area contributed by atoms with Gasteiger partial charge in [-0.05, 0) is 25.1 Å². The van der Waals surface area contributed by atoms with Gasteiger partial charge in [-0.15, -0.1) is 0 Å². The zero-order chi connectivity index (χ0) is 9.84. The third-order valence-corrected chi connectivity index (χ3v) is 3.51. The van der Waals surface area contributed by atoms with Crippen LogP contribution in [0.15, 0.2) is 33.6 Å². The molecule has 0 aliphatic heterocycles. The second kappa shape index (κ2) is 4.88. The summed E-state index contributed by atoms with van der Waals surface area (Å²) in [4.78, 5) is 0.746. The van der Waals surface area contributed by atoms with Crippen molar-refractivity contribution in [1.82, 2.24) is 0 Å². The average Bonchev–Trinajstić information content (AvgIpc) is 2.03. The van der Waals surface area contributed by atoms with Crippen molar-refractivity contribution in [3.63, 3.8) is 0 Å². The topological polar surface area (TPSA) is 37.3 Å². The number of aliphatic hydroxyl groups is 1. The Morgan fingerprint density at radius 2 is 2.31 bits per heavy atom. The standard InChI is InChI=1S/C9H11BrO2S/c1-7(11)6-13(12)9-4-2-3-8(10)5-9/h2-5,7,11H,6H2,1H3/t7-,13?/m0/s1. The molecule has 1 unspecified atom stereocenters. The second-order valence-corrected chi connectivity index (χ2v) is 5.23. The van der Waals surface area contributed by atoms with Gasteiger partial charge in [-0.2, -0.15) is 0 Å². The van der Waals surface area contributed by atoms with Gasteiger partial charge in [-0.1, -0.05) is 22.0 Å². The molecule has 2 nitrogen and oxygen atoms in total. The molecule has 72 valence electrons. The van der Waals surface area contributed by atoms with Crippen molar-refractivity contribution >= 4 is 26.7 Å². The Kier molecular flexibility index (Phi) is 4.09. The smallest absolute Gasteiger partial charge is 0.0630 e. The van der Waals surface area contributed by atoms with Crippen molar-refractivity contribution in [2.75, 3.05) is 5.75 Å². The van der Waals surface area contributed by atoms with Gasteiger partial charge in [-0.25, -0.2) is 0 Å². The monoisotopic (exact) mass is 262 g/mol. The molecule has 13 heavy (non-hydrogen) atoms. The average molecular weight is 263 g/mol. The van der Waals surface area contributed by atoms with Crippen LogP contribution in [-0.4, -0.2) is 21.2 Å². The third-order valence-electron chi connectivity index (χ3n) is 1.45. The van der Waals surface area contributed by atoms with E-state index in [0.717, 1.165) is 9.37 Å². The van der Waals surface area contributed by atoms with Crippen molar-refractivity contribution in [3.05, 3.63) is 28.7 Å². The summed E-state index contributed by atoms with van der Waals surface area (Å²) in [6, 6.07) is 7.31. The molecule has 0 bridgehead atoms. The number of rotatable bonds is 3. The van der Waals surface area contributed by atoms with Crippen LogP contribution < -0.4 is 0 Å². The third kappa shape index (κ3) is 3.58. The molecule has 1 aromatic carbocycles. The summed E-state index contributed by atoms with van der Waals surface area (Å²) >= 11 is 3.30. The molecule has 2 atom stereocenters. The summed E-state index contributed by atoms with van der Waals surface area (Å²) in [6.07, 6.45) is -0.528. The first-order chi connectivity index (χ1) is 6.09. The SMILES string of the molecule is C[C@H](O)CS(=O)c1cccc(Br)c1. The minimum Gasteiger partial charge on any atom is -0.392 e. The molecule has 0 spiro atoms. The first kappa shape index (κ1) is 10.9. The van der Waals surface area contributed by atoms with Gasteiger partial charge in [0.1, 0.15) is 0 Å². The Morgan fingerprint density at radius 3 is 2.85 bits per heavy atom. The molecular formula is C9H11BrO2S. The summed E-state index contributed by atoms with van der Waals surface area (Å²) in [7, 11) is -1.10. The van der Waals surface area contributed by atoms with Gasteiger partial charge in [0.2, 0.25) is 0 Å². The van der Waals surface area contributed by atoms with Crippen LogP contribution in [0, 0.1) is 0 Å². The highest BCUT2D eigenvalue weighted by molar-refractivity contribution is 9.10. The molecule has 0 saturated heterocycles. The molecule has 4 heteroatoms. The van der Waals surface area contributed by atoms with Gasteiger partial charge in [0, 0.05) is 9.37 Å². The summed E-state index contributed by atoms with van der Waals surface area (Å²) in [6.45, 7) is 1.63. The molecule has 0 saturated carbocycles. The molecule has 0 radical (unpaired) electrons. The van der Waals surface area contributed by atoms with E-state index in [2.05, 4.69) is 15.9 Å². The Labute approximate surface area is 88.6 Å². The van der Waals surface area contributed by atoms with Crippen LogP contribution in [0.3, 0.4) is 0 Å². The molecule has 0 heterocycles. The lowest BCUT2D eigenvalue weighted by molar-refractivity contribution is 0.219. The summed E-state index contributed by atoms with van der Waals surface area (Å²) in [5, 5.41) is 9.05. The van der Waals surface area contributed by atoms with Crippen LogP contribution in [-0.2, 0) is 10.8 Å². The highest BCUT2D eigenvalue weighted by Gasteiger charge is 2.06. The van der Waals surface area contributed by atoms with E-state index in [-0.39, 0.29) is 5.75 Å². The Bertz CT molecular complexity index is 312. The summed E-state index contributed by atoms with van der Waals surface area (Å²) in [5.41, 5.74) is 0. The fraction of sp³-hybridized carbons (Fsp3) is 0.333. The first-order valence-electron chi connectivity index (χ1n) is 3.91. The largest absolute Gasteiger partial charge is 0.392 e.